The fraction of sp³-hybridized carbons (Fsp3) is 0.583. The summed E-state index contributed by atoms with van der Waals surface area (Å²) in [6, 6.07) is 3.05. The highest BCUT2D eigenvalue weighted by molar-refractivity contribution is 5.86. The molecule has 1 heterocycles. The molecule has 108 valence electrons. The number of aryl methyl sites for hydroxylation is 1. The Morgan fingerprint density at radius 2 is 2.16 bits per heavy atom. The van der Waals surface area contributed by atoms with Crippen LogP contribution in [0.5, 0.6) is 0 Å². The molecule has 3 N–H and O–H groups in total. The number of carbonyl (C=O) groups is 1. The van der Waals surface area contributed by atoms with Crippen LogP contribution in [0.2, 0.25) is 0 Å². The number of alkyl halides is 3. The number of rotatable bonds is 5. The maximum Gasteiger partial charge on any atom is 0.415 e. The van der Waals surface area contributed by atoms with Gasteiger partial charge in [-0.15, -0.1) is 0 Å². The van der Waals surface area contributed by atoms with Gasteiger partial charge in [-0.2, -0.15) is 13.2 Å². The topological polar surface area (TPSA) is 68.3 Å². The quantitative estimate of drug-likeness (QED) is 0.865. The summed E-state index contributed by atoms with van der Waals surface area (Å²) in [6.07, 6.45) is -2.27. The van der Waals surface area contributed by atoms with Crippen molar-refractivity contribution in [3.8, 4) is 0 Å². The molecule has 1 amide bonds. The number of nitrogens with two attached hydrogens (primary N) is 1. The van der Waals surface area contributed by atoms with Crippen molar-refractivity contribution in [1.82, 2.24) is 5.32 Å². The summed E-state index contributed by atoms with van der Waals surface area (Å²) >= 11 is 0. The molecule has 2 atom stereocenters. The molecule has 19 heavy (non-hydrogen) atoms. The first-order valence-electron chi connectivity index (χ1n) is 5.83. The van der Waals surface area contributed by atoms with E-state index in [-0.39, 0.29) is 0 Å². The zero-order chi connectivity index (χ0) is 14.7. The predicted octanol–water partition coefficient (Wildman–Crippen LogP) is 2.00. The van der Waals surface area contributed by atoms with E-state index in [0.29, 0.717) is 25.5 Å². The van der Waals surface area contributed by atoms with E-state index in [2.05, 4.69) is 5.32 Å². The highest BCUT2D eigenvalue weighted by atomic mass is 19.4. The van der Waals surface area contributed by atoms with Gasteiger partial charge in [-0.05, 0) is 32.4 Å². The summed E-state index contributed by atoms with van der Waals surface area (Å²) in [5.74, 6) is -0.514. The molecule has 0 fully saturated rings. The van der Waals surface area contributed by atoms with Crippen LogP contribution >= 0.6 is 0 Å². The Morgan fingerprint density at radius 3 is 2.63 bits per heavy atom. The van der Waals surface area contributed by atoms with Gasteiger partial charge in [0, 0.05) is 12.5 Å². The minimum atomic E-state index is -4.78. The van der Waals surface area contributed by atoms with E-state index >= 15 is 0 Å². The molecule has 0 bridgehead atoms. The van der Waals surface area contributed by atoms with Gasteiger partial charge in [0.05, 0.1) is 6.26 Å². The molecule has 0 radical (unpaired) electrons. The lowest BCUT2D eigenvalue weighted by atomic mass is 10.0. The van der Waals surface area contributed by atoms with Crippen molar-refractivity contribution >= 4 is 5.91 Å². The van der Waals surface area contributed by atoms with Crippen molar-refractivity contribution in [2.75, 3.05) is 0 Å². The molecular formula is C12H17F3N2O2. The Balaban J connectivity index is 2.48. The first kappa shape index (κ1) is 15.6. The van der Waals surface area contributed by atoms with Crippen LogP contribution in [-0.4, -0.2) is 23.7 Å². The molecule has 0 aliphatic rings. The first-order valence-corrected chi connectivity index (χ1v) is 5.83. The van der Waals surface area contributed by atoms with E-state index in [4.69, 9.17) is 10.2 Å². The van der Waals surface area contributed by atoms with E-state index in [1.54, 1.807) is 19.1 Å². The van der Waals surface area contributed by atoms with Gasteiger partial charge in [0.25, 0.3) is 0 Å². The fourth-order valence-electron chi connectivity index (χ4n) is 1.39. The van der Waals surface area contributed by atoms with Crippen LogP contribution in [0.4, 0.5) is 13.2 Å². The molecular weight excluding hydrogens is 261 g/mol. The Kier molecular flexibility index (Phi) is 4.62. The van der Waals surface area contributed by atoms with Crippen LogP contribution < -0.4 is 11.1 Å². The summed E-state index contributed by atoms with van der Waals surface area (Å²) < 4.78 is 42.7. The fourth-order valence-corrected chi connectivity index (χ4v) is 1.39. The number of hydrogen-bond donors (Lipinski definition) is 2. The van der Waals surface area contributed by atoms with Crippen LogP contribution in [0.15, 0.2) is 22.8 Å². The third kappa shape index (κ3) is 3.99. The van der Waals surface area contributed by atoms with Crippen molar-refractivity contribution in [2.45, 2.75) is 44.4 Å². The highest BCUT2D eigenvalue weighted by Gasteiger charge is 2.54. The number of furan rings is 1. The Labute approximate surface area is 109 Å². The molecule has 1 rings (SSSR count). The summed E-state index contributed by atoms with van der Waals surface area (Å²) in [7, 11) is 0. The average molecular weight is 278 g/mol. The molecule has 4 nitrogen and oxygen atoms in total. The average Bonchev–Trinajstić information content (AvgIpc) is 2.77. The lowest BCUT2D eigenvalue weighted by Gasteiger charge is -2.27. The Bertz CT molecular complexity index is 413. The number of hydrogen-bond acceptors (Lipinski definition) is 3. The van der Waals surface area contributed by atoms with Crippen LogP contribution in [0, 0.1) is 0 Å². The van der Waals surface area contributed by atoms with E-state index in [9.17, 15) is 18.0 Å². The second kappa shape index (κ2) is 5.64. The molecule has 7 heteroatoms. The largest absolute Gasteiger partial charge is 0.469 e. The second-order valence-corrected chi connectivity index (χ2v) is 4.69. The third-order valence-electron chi connectivity index (χ3n) is 2.84. The molecule has 0 aliphatic heterocycles. The Hall–Kier alpha value is -1.50. The predicted molar refractivity (Wildman–Crippen MR) is 63.3 cm³/mol. The minimum absolute atomic E-state index is 0.428. The van der Waals surface area contributed by atoms with Gasteiger partial charge in [0.1, 0.15) is 5.76 Å². The normalized spacial score (nSPS) is 16.7. The number of carbonyl (C=O) groups excluding carboxylic acids is 1. The summed E-state index contributed by atoms with van der Waals surface area (Å²) in [4.78, 5) is 11.5. The van der Waals surface area contributed by atoms with E-state index < -0.39 is 23.7 Å². The van der Waals surface area contributed by atoms with Crippen molar-refractivity contribution in [3.63, 3.8) is 0 Å². The van der Waals surface area contributed by atoms with Gasteiger partial charge >= 0.3 is 6.18 Å². The third-order valence-corrected chi connectivity index (χ3v) is 2.84. The van der Waals surface area contributed by atoms with E-state index in [1.807, 2.05) is 0 Å². The highest BCUT2D eigenvalue weighted by Crippen LogP contribution is 2.28. The van der Waals surface area contributed by atoms with Crippen LogP contribution in [0.1, 0.15) is 26.0 Å². The minimum Gasteiger partial charge on any atom is -0.469 e. The number of halogens is 3. The zero-order valence-corrected chi connectivity index (χ0v) is 10.8. The molecule has 1 aromatic rings. The van der Waals surface area contributed by atoms with Crippen molar-refractivity contribution in [2.24, 2.45) is 5.73 Å². The maximum atomic E-state index is 12.5. The van der Waals surface area contributed by atoms with Gasteiger partial charge in [-0.25, -0.2) is 0 Å². The van der Waals surface area contributed by atoms with Crippen LogP contribution in [-0.2, 0) is 11.2 Å². The molecule has 0 spiro atoms. The lowest BCUT2D eigenvalue weighted by molar-refractivity contribution is -0.187. The van der Waals surface area contributed by atoms with Gasteiger partial charge in [-0.3, -0.25) is 4.79 Å². The van der Waals surface area contributed by atoms with Gasteiger partial charge in [-0.1, -0.05) is 0 Å². The standard InChI is InChI=1S/C12H17F3N2O2/c1-8(5-6-9-4-3-7-19-9)17-10(18)11(2,16)12(13,14)15/h3-4,7-8H,5-6,16H2,1-2H3,(H,17,18). The number of nitrogens with one attached hydrogen (secondary N) is 1. The summed E-state index contributed by atoms with van der Waals surface area (Å²) in [5.41, 5.74) is 2.14. The summed E-state index contributed by atoms with van der Waals surface area (Å²) in [5, 5.41) is 2.26. The number of amides is 1. The summed E-state index contributed by atoms with van der Waals surface area (Å²) in [6.45, 7) is 2.27. The SMILES string of the molecule is CC(CCc1ccco1)NC(=O)C(C)(N)C(F)(F)F. The molecule has 0 aromatic carbocycles. The maximum absolute atomic E-state index is 12.5. The van der Waals surface area contributed by atoms with E-state index in [0.717, 1.165) is 0 Å². The van der Waals surface area contributed by atoms with Crippen LogP contribution in [0.25, 0.3) is 0 Å². The second-order valence-electron chi connectivity index (χ2n) is 4.69. The van der Waals surface area contributed by atoms with Gasteiger partial charge in [0.2, 0.25) is 5.91 Å². The molecule has 0 saturated carbocycles. The molecule has 0 saturated heterocycles. The molecule has 2 unspecified atom stereocenters. The van der Waals surface area contributed by atoms with Gasteiger partial charge < -0.3 is 15.5 Å². The van der Waals surface area contributed by atoms with Gasteiger partial charge in [0.15, 0.2) is 5.54 Å². The van der Waals surface area contributed by atoms with Crippen LogP contribution in [0.3, 0.4) is 0 Å². The molecule has 1 aromatic heterocycles. The monoisotopic (exact) mass is 278 g/mol. The van der Waals surface area contributed by atoms with E-state index in [1.165, 1.54) is 6.26 Å². The first-order chi connectivity index (χ1) is 8.64. The van der Waals surface area contributed by atoms with Crippen molar-refractivity contribution < 1.29 is 22.4 Å². The van der Waals surface area contributed by atoms with Crippen molar-refractivity contribution in [3.05, 3.63) is 24.2 Å². The Morgan fingerprint density at radius 1 is 1.53 bits per heavy atom. The molecule has 0 aliphatic carbocycles. The lowest BCUT2D eigenvalue weighted by Crippen LogP contribution is -2.62. The smallest absolute Gasteiger partial charge is 0.415 e. The zero-order valence-electron chi connectivity index (χ0n) is 10.8. The van der Waals surface area contributed by atoms with Crippen molar-refractivity contribution in [1.29, 1.82) is 0 Å².